The minimum Gasteiger partial charge on any atom is -0.388 e. The van der Waals surface area contributed by atoms with Crippen molar-refractivity contribution in [3.8, 4) is 11.4 Å². The summed E-state index contributed by atoms with van der Waals surface area (Å²) < 4.78 is 27.3. The first-order chi connectivity index (χ1) is 11.1. The van der Waals surface area contributed by atoms with Crippen molar-refractivity contribution in [3.05, 3.63) is 41.5 Å². The van der Waals surface area contributed by atoms with Gasteiger partial charge in [-0.2, -0.15) is 0 Å². The van der Waals surface area contributed by atoms with E-state index in [-0.39, 0.29) is 24.1 Å². The molecule has 2 aliphatic rings. The molecule has 4 atom stereocenters. The van der Waals surface area contributed by atoms with Crippen LogP contribution in [0.15, 0.2) is 24.5 Å². The van der Waals surface area contributed by atoms with Crippen molar-refractivity contribution >= 4 is 0 Å². The monoisotopic (exact) mass is 318 g/mol. The van der Waals surface area contributed by atoms with Crippen LogP contribution in [0.4, 0.5) is 4.39 Å². The second-order valence-corrected chi connectivity index (χ2v) is 6.31. The number of halogens is 1. The quantitative estimate of drug-likeness (QED) is 0.920. The molecule has 2 aromatic rings. The van der Waals surface area contributed by atoms with Crippen LogP contribution in [0.3, 0.4) is 0 Å². The predicted molar refractivity (Wildman–Crippen MR) is 81.6 cm³/mol. The van der Waals surface area contributed by atoms with Crippen LogP contribution in [0.1, 0.15) is 17.2 Å². The number of fused-ring (bicyclic) bond motifs is 1. The third-order valence-corrected chi connectivity index (χ3v) is 4.72. The number of benzene rings is 1. The molecule has 0 aliphatic carbocycles. The number of aryl methyl sites for hydroxylation is 2. The van der Waals surface area contributed by atoms with Gasteiger partial charge in [-0.25, -0.2) is 9.37 Å². The number of rotatable bonds is 2. The molecule has 6 heteroatoms. The summed E-state index contributed by atoms with van der Waals surface area (Å²) in [6, 6.07) is 3.57. The van der Waals surface area contributed by atoms with E-state index in [0.29, 0.717) is 24.3 Å². The van der Waals surface area contributed by atoms with E-state index in [1.54, 1.807) is 32.2 Å². The Balaban J connectivity index is 1.72. The van der Waals surface area contributed by atoms with E-state index in [0.717, 1.165) is 11.4 Å². The zero-order valence-electron chi connectivity index (χ0n) is 13.1. The molecule has 2 aliphatic heterocycles. The van der Waals surface area contributed by atoms with Gasteiger partial charge in [0.2, 0.25) is 0 Å². The van der Waals surface area contributed by atoms with Crippen LogP contribution >= 0.6 is 0 Å². The van der Waals surface area contributed by atoms with Crippen molar-refractivity contribution in [1.82, 2.24) is 9.55 Å². The maximum absolute atomic E-state index is 13.9. The van der Waals surface area contributed by atoms with Crippen molar-refractivity contribution < 1.29 is 19.0 Å². The minimum absolute atomic E-state index is 0.0414. The summed E-state index contributed by atoms with van der Waals surface area (Å²) >= 11 is 0. The van der Waals surface area contributed by atoms with E-state index < -0.39 is 6.10 Å². The number of imidazole rings is 1. The van der Waals surface area contributed by atoms with Gasteiger partial charge in [-0.05, 0) is 37.1 Å². The second-order valence-electron chi connectivity index (χ2n) is 6.31. The number of hydrogen-bond donors (Lipinski definition) is 1. The highest BCUT2D eigenvalue weighted by Gasteiger charge is 2.48. The van der Waals surface area contributed by atoms with Crippen LogP contribution in [0, 0.1) is 19.7 Å². The molecular weight excluding hydrogens is 299 g/mol. The number of aromatic nitrogens is 2. The van der Waals surface area contributed by atoms with E-state index in [2.05, 4.69) is 4.98 Å². The van der Waals surface area contributed by atoms with Gasteiger partial charge in [-0.1, -0.05) is 0 Å². The fraction of sp³-hybridized carbons (Fsp3) is 0.471. The lowest BCUT2D eigenvalue weighted by Gasteiger charge is -2.20. The van der Waals surface area contributed by atoms with Crippen molar-refractivity contribution in [1.29, 1.82) is 0 Å². The van der Waals surface area contributed by atoms with E-state index in [1.165, 1.54) is 0 Å². The van der Waals surface area contributed by atoms with Crippen molar-refractivity contribution in [2.45, 2.75) is 38.2 Å². The third kappa shape index (κ3) is 2.29. The Labute approximate surface area is 133 Å². The first kappa shape index (κ1) is 14.8. The summed E-state index contributed by atoms with van der Waals surface area (Å²) in [7, 11) is 0. The largest absolute Gasteiger partial charge is 0.388 e. The van der Waals surface area contributed by atoms with Crippen LogP contribution < -0.4 is 0 Å². The first-order valence-electron chi connectivity index (χ1n) is 7.77. The van der Waals surface area contributed by atoms with Crippen LogP contribution in [-0.2, 0) is 9.47 Å². The number of nitrogens with zero attached hydrogens (tertiary/aromatic N) is 2. The van der Waals surface area contributed by atoms with Gasteiger partial charge in [0.15, 0.2) is 0 Å². The number of ether oxygens (including phenoxy) is 2. The predicted octanol–water partition coefficient (Wildman–Crippen LogP) is 2.01. The molecular formula is C17H19FN2O3. The average Bonchev–Trinajstić information content (AvgIpc) is 3.21. The van der Waals surface area contributed by atoms with E-state index >= 15 is 0 Å². The molecule has 1 aromatic carbocycles. The van der Waals surface area contributed by atoms with E-state index in [9.17, 15) is 9.50 Å². The van der Waals surface area contributed by atoms with Crippen molar-refractivity contribution in [3.63, 3.8) is 0 Å². The number of aliphatic hydroxyl groups is 1. The van der Waals surface area contributed by atoms with Crippen LogP contribution in [0.2, 0.25) is 0 Å². The van der Waals surface area contributed by atoms with Crippen molar-refractivity contribution in [2.24, 2.45) is 0 Å². The normalized spacial score (nSPS) is 29.9. The summed E-state index contributed by atoms with van der Waals surface area (Å²) in [6.07, 6.45) is 2.57. The van der Waals surface area contributed by atoms with Crippen LogP contribution in [0.25, 0.3) is 11.4 Å². The molecule has 2 saturated heterocycles. The van der Waals surface area contributed by atoms with Crippen molar-refractivity contribution in [2.75, 3.05) is 13.2 Å². The third-order valence-electron chi connectivity index (χ3n) is 4.72. The topological polar surface area (TPSA) is 56.5 Å². The fourth-order valence-corrected chi connectivity index (χ4v) is 3.58. The van der Waals surface area contributed by atoms with Gasteiger partial charge in [-0.3, -0.25) is 0 Å². The van der Waals surface area contributed by atoms with Gasteiger partial charge in [0, 0.05) is 18.0 Å². The SMILES string of the molecule is Cc1cc(-c2nccn2[C@@H]2CO[C@H]3[C@@H]2OC[C@H]3O)cc(C)c1F. The summed E-state index contributed by atoms with van der Waals surface area (Å²) in [6.45, 7) is 4.27. The molecule has 0 bridgehead atoms. The molecule has 1 N–H and O–H groups in total. The standard InChI is InChI=1S/C17H19FN2O3/c1-9-5-11(6-10(2)14(9)18)17-19-3-4-20(17)12-7-22-16-13(21)8-23-15(12)16/h3-6,12-13,15-16,21H,7-8H2,1-2H3/t12-,13-,15-,16-/m1/s1. The lowest BCUT2D eigenvalue weighted by Crippen LogP contribution is -2.30. The van der Waals surface area contributed by atoms with Gasteiger partial charge >= 0.3 is 0 Å². The summed E-state index contributed by atoms with van der Waals surface area (Å²) in [5, 5.41) is 9.89. The zero-order chi connectivity index (χ0) is 16.1. The minimum atomic E-state index is -0.577. The maximum atomic E-state index is 13.9. The highest BCUT2D eigenvalue weighted by molar-refractivity contribution is 5.58. The summed E-state index contributed by atoms with van der Waals surface area (Å²) in [4.78, 5) is 4.44. The molecule has 0 saturated carbocycles. The molecule has 4 rings (SSSR count). The molecule has 3 heterocycles. The van der Waals surface area contributed by atoms with Gasteiger partial charge in [-0.15, -0.1) is 0 Å². The van der Waals surface area contributed by atoms with E-state index in [4.69, 9.17) is 9.47 Å². The Bertz CT molecular complexity index is 722. The molecule has 0 unspecified atom stereocenters. The fourth-order valence-electron chi connectivity index (χ4n) is 3.58. The highest BCUT2D eigenvalue weighted by atomic mass is 19.1. The zero-order valence-corrected chi connectivity index (χ0v) is 13.1. The van der Waals surface area contributed by atoms with Gasteiger partial charge in [0.1, 0.15) is 30.0 Å². The second kappa shape index (κ2) is 5.40. The Hall–Kier alpha value is -1.76. The Morgan fingerprint density at radius 2 is 1.87 bits per heavy atom. The Morgan fingerprint density at radius 1 is 1.17 bits per heavy atom. The molecule has 23 heavy (non-hydrogen) atoms. The Morgan fingerprint density at radius 3 is 2.61 bits per heavy atom. The van der Waals surface area contributed by atoms with Crippen LogP contribution in [-0.4, -0.2) is 46.2 Å². The number of aliphatic hydroxyl groups excluding tert-OH is 1. The molecule has 122 valence electrons. The first-order valence-corrected chi connectivity index (χ1v) is 7.77. The molecule has 0 spiro atoms. The molecule has 0 amide bonds. The van der Waals surface area contributed by atoms with Gasteiger partial charge in [0.25, 0.3) is 0 Å². The van der Waals surface area contributed by atoms with E-state index in [1.807, 2.05) is 10.8 Å². The summed E-state index contributed by atoms with van der Waals surface area (Å²) in [5.41, 5.74) is 2.07. The maximum Gasteiger partial charge on any atom is 0.140 e. The van der Waals surface area contributed by atoms with Gasteiger partial charge < -0.3 is 19.1 Å². The molecule has 1 aromatic heterocycles. The van der Waals surface area contributed by atoms with Gasteiger partial charge in [0.05, 0.1) is 19.3 Å². The number of hydrogen-bond acceptors (Lipinski definition) is 4. The average molecular weight is 318 g/mol. The lowest BCUT2D eigenvalue weighted by atomic mass is 10.0. The lowest BCUT2D eigenvalue weighted by molar-refractivity contribution is 0.0172. The summed E-state index contributed by atoms with van der Waals surface area (Å²) in [5.74, 6) is 0.578. The van der Waals surface area contributed by atoms with Crippen LogP contribution in [0.5, 0.6) is 0 Å². The molecule has 0 radical (unpaired) electrons. The molecule has 5 nitrogen and oxygen atoms in total. The Kier molecular flexibility index (Phi) is 3.48. The highest BCUT2D eigenvalue weighted by Crippen LogP contribution is 2.36. The molecule has 2 fully saturated rings. The smallest absolute Gasteiger partial charge is 0.140 e.